The van der Waals surface area contributed by atoms with Crippen LogP contribution in [0.1, 0.15) is 31.2 Å². The van der Waals surface area contributed by atoms with Crippen LogP contribution in [-0.4, -0.2) is 71.4 Å². The molecule has 4 rings (SSSR count). The van der Waals surface area contributed by atoms with E-state index in [-0.39, 0.29) is 31.6 Å². The number of hydrogen-bond donors (Lipinski definition) is 2. The molecule has 2 heterocycles. The van der Waals surface area contributed by atoms with Crippen molar-refractivity contribution < 1.29 is 28.7 Å². The third-order valence-corrected chi connectivity index (χ3v) is 6.42. The van der Waals surface area contributed by atoms with E-state index in [1.54, 1.807) is 24.3 Å². The molecule has 0 spiro atoms. The second-order valence-electron chi connectivity index (χ2n) is 9.05. The van der Waals surface area contributed by atoms with E-state index in [1.165, 1.54) is 9.80 Å². The van der Waals surface area contributed by atoms with Crippen molar-refractivity contribution in [1.82, 2.24) is 15.1 Å². The number of para-hydroxylation sites is 1. The number of nitrogens with one attached hydrogen (secondary N) is 1. The number of likely N-dealkylation sites (tertiary alicyclic amines) is 2. The van der Waals surface area contributed by atoms with Crippen LogP contribution in [0, 0.1) is 0 Å². The van der Waals surface area contributed by atoms with Gasteiger partial charge in [-0.2, -0.15) is 0 Å². The van der Waals surface area contributed by atoms with Crippen molar-refractivity contribution in [3.63, 3.8) is 0 Å². The number of amides is 4. The summed E-state index contributed by atoms with van der Waals surface area (Å²) < 4.78 is 10.6. The Kier molecular flexibility index (Phi) is 8.91. The highest BCUT2D eigenvalue weighted by molar-refractivity contribution is 6.03. The Bertz CT molecular complexity index is 1170. The van der Waals surface area contributed by atoms with Crippen molar-refractivity contribution >= 4 is 29.8 Å². The maximum absolute atomic E-state index is 13.1. The molecule has 0 aromatic heterocycles. The van der Waals surface area contributed by atoms with E-state index in [1.807, 2.05) is 36.4 Å². The van der Waals surface area contributed by atoms with E-state index in [9.17, 15) is 19.2 Å². The number of carbonyl (C=O) groups excluding carboxylic acids is 4. The highest BCUT2D eigenvalue weighted by Gasteiger charge is 2.38. The van der Waals surface area contributed by atoms with Crippen LogP contribution < -0.4 is 15.8 Å². The Hall–Kier alpha value is -4.41. The molecule has 11 heteroatoms. The lowest BCUT2D eigenvalue weighted by Crippen LogP contribution is -2.58. The zero-order valence-electron chi connectivity index (χ0n) is 21.0. The van der Waals surface area contributed by atoms with Crippen LogP contribution >= 0.6 is 0 Å². The summed E-state index contributed by atoms with van der Waals surface area (Å²) in [6, 6.07) is 16.5. The van der Waals surface area contributed by atoms with Gasteiger partial charge in [-0.25, -0.2) is 4.79 Å². The number of piperidine rings is 1. The van der Waals surface area contributed by atoms with Crippen molar-refractivity contribution in [3.05, 3.63) is 66.2 Å². The average Bonchev–Trinajstić information content (AvgIpc) is 3.43. The van der Waals surface area contributed by atoms with Crippen molar-refractivity contribution in [1.29, 1.82) is 0 Å². The highest BCUT2D eigenvalue weighted by Crippen LogP contribution is 2.20. The quantitative estimate of drug-likeness (QED) is 0.418. The van der Waals surface area contributed by atoms with Crippen LogP contribution in [0.5, 0.6) is 5.75 Å². The van der Waals surface area contributed by atoms with Crippen LogP contribution in [0.2, 0.25) is 0 Å². The molecular weight excluding hydrogens is 490 g/mol. The minimum Gasteiger partial charge on any atom is -0.484 e. The topological polar surface area (TPSA) is 144 Å². The van der Waals surface area contributed by atoms with Gasteiger partial charge in [0.1, 0.15) is 24.4 Å². The lowest BCUT2D eigenvalue weighted by molar-refractivity contribution is -0.141. The first kappa shape index (κ1) is 26.6. The van der Waals surface area contributed by atoms with E-state index in [0.717, 1.165) is 5.56 Å². The number of guanidine groups is 1. The first-order chi connectivity index (χ1) is 18.4. The van der Waals surface area contributed by atoms with Crippen molar-refractivity contribution in [2.24, 2.45) is 10.7 Å². The fourth-order valence-electron chi connectivity index (χ4n) is 4.49. The Morgan fingerprint density at radius 1 is 0.974 bits per heavy atom. The van der Waals surface area contributed by atoms with E-state index in [0.29, 0.717) is 38.0 Å². The fraction of sp³-hybridized carbons (Fsp3) is 0.370. The van der Waals surface area contributed by atoms with Gasteiger partial charge >= 0.3 is 6.09 Å². The number of aliphatic imine (C=N–C) groups is 1. The predicted molar refractivity (Wildman–Crippen MR) is 138 cm³/mol. The number of benzene rings is 2. The maximum atomic E-state index is 13.1. The highest BCUT2D eigenvalue weighted by atomic mass is 16.5. The molecule has 2 aliphatic rings. The molecule has 2 aromatic rings. The Morgan fingerprint density at radius 2 is 1.66 bits per heavy atom. The van der Waals surface area contributed by atoms with Gasteiger partial charge in [-0.05, 0) is 43.4 Å². The fourth-order valence-corrected chi connectivity index (χ4v) is 4.49. The summed E-state index contributed by atoms with van der Waals surface area (Å²) in [6.07, 6.45) is 1.20. The van der Waals surface area contributed by atoms with Gasteiger partial charge in [0.2, 0.25) is 11.9 Å². The molecule has 2 atom stereocenters. The molecule has 0 bridgehead atoms. The van der Waals surface area contributed by atoms with Gasteiger partial charge in [-0.1, -0.05) is 48.5 Å². The third-order valence-electron chi connectivity index (χ3n) is 6.42. The number of carbonyl (C=O) groups is 4. The Morgan fingerprint density at radius 3 is 2.39 bits per heavy atom. The van der Waals surface area contributed by atoms with Gasteiger partial charge in [0.25, 0.3) is 11.8 Å². The van der Waals surface area contributed by atoms with Gasteiger partial charge in [0.15, 0.2) is 6.61 Å². The Balaban J connectivity index is 1.30. The molecular formula is C27H31N5O6. The van der Waals surface area contributed by atoms with E-state index >= 15 is 0 Å². The van der Waals surface area contributed by atoms with Crippen molar-refractivity contribution in [3.8, 4) is 5.75 Å². The second-order valence-corrected chi connectivity index (χ2v) is 9.05. The standard InChI is InChI=1S/C27H31N5O6/c28-26(30-27(36)38-17-19-9-3-1-4-10-19)32-16-7-13-21(25(32)35)29-24(34)22-14-8-15-31(22)23(33)18-37-20-11-5-2-6-12-20/h1-6,9-12,21-22H,7-8,13-18H2,(H,29,34)(H2,28,30,36)/t21-,22-/m0/s1. The van der Waals surface area contributed by atoms with Crippen molar-refractivity contribution in [2.45, 2.75) is 44.4 Å². The summed E-state index contributed by atoms with van der Waals surface area (Å²) in [7, 11) is 0. The largest absolute Gasteiger partial charge is 0.484 e. The minimum atomic E-state index is -0.914. The lowest BCUT2D eigenvalue weighted by atomic mass is 10.0. The number of nitrogens with zero attached hydrogens (tertiary/aromatic N) is 3. The molecule has 0 unspecified atom stereocenters. The number of rotatable bonds is 7. The molecule has 200 valence electrons. The zero-order valence-corrected chi connectivity index (χ0v) is 21.0. The summed E-state index contributed by atoms with van der Waals surface area (Å²) in [5.41, 5.74) is 6.73. The molecule has 2 aliphatic heterocycles. The molecule has 0 aliphatic carbocycles. The van der Waals surface area contributed by atoms with Crippen LogP contribution in [0.4, 0.5) is 4.79 Å². The molecule has 2 aromatic carbocycles. The molecule has 3 N–H and O–H groups in total. The predicted octanol–water partition coefficient (Wildman–Crippen LogP) is 1.82. The second kappa shape index (κ2) is 12.7. The molecule has 4 amide bonds. The van der Waals surface area contributed by atoms with Crippen molar-refractivity contribution in [2.75, 3.05) is 19.7 Å². The minimum absolute atomic E-state index is 0.0239. The summed E-state index contributed by atoms with van der Waals surface area (Å²) in [5, 5.41) is 2.76. The van der Waals surface area contributed by atoms with Gasteiger partial charge in [-0.15, -0.1) is 4.99 Å². The molecule has 0 radical (unpaired) electrons. The van der Waals surface area contributed by atoms with E-state index in [2.05, 4.69) is 10.3 Å². The number of hydrogen-bond acceptors (Lipinski definition) is 6. The van der Waals surface area contributed by atoms with E-state index in [4.69, 9.17) is 15.2 Å². The van der Waals surface area contributed by atoms with Crippen LogP contribution in [0.3, 0.4) is 0 Å². The molecule has 2 fully saturated rings. The van der Waals surface area contributed by atoms with Gasteiger partial charge < -0.3 is 25.4 Å². The summed E-state index contributed by atoms with van der Waals surface area (Å²) in [5.74, 6) is -0.896. The smallest absolute Gasteiger partial charge is 0.437 e. The SMILES string of the molecule is N/C(=N\C(=O)OCc1ccccc1)N1CCC[C@H](NC(=O)[C@@H]2CCCN2C(=O)COc2ccccc2)C1=O. The zero-order chi connectivity index (χ0) is 26.9. The van der Waals surface area contributed by atoms with Gasteiger partial charge in [0.05, 0.1) is 0 Å². The third kappa shape index (κ3) is 6.87. The van der Waals surface area contributed by atoms with Gasteiger partial charge in [-0.3, -0.25) is 19.3 Å². The maximum Gasteiger partial charge on any atom is 0.437 e. The molecule has 38 heavy (non-hydrogen) atoms. The molecule has 11 nitrogen and oxygen atoms in total. The average molecular weight is 522 g/mol. The monoisotopic (exact) mass is 521 g/mol. The van der Waals surface area contributed by atoms with E-state index < -0.39 is 30.0 Å². The molecule has 2 saturated heterocycles. The first-order valence-corrected chi connectivity index (χ1v) is 12.6. The summed E-state index contributed by atoms with van der Waals surface area (Å²) >= 11 is 0. The normalized spacial score (nSPS) is 19.7. The number of nitrogens with two attached hydrogens (primary N) is 1. The summed E-state index contributed by atoms with van der Waals surface area (Å²) in [4.78, 5) is 57.3. The van der Waals surface area contributed by atoms with Crippen LogP contribution in [-0.2, 0) is 25.7 Å². The Labute approximate surface area is 220 Å². The molecule has 0 saturated carbocycles. The lowest BCUT2D eigenvalue weighted by Gasteiger charge is -2.33. The van der Waals surface area contributed by atoms with Crippen LogP contribution in [0.25, 0.3) is 0 Å². The summed E-state index contributed by atoms with van der Waals surface area (Å²) in [6.45, 7) is 0.537. The van der Waals surface area contributed by atoms with Crippen LogP contribution in [0.15, 0.2) is 65.7 Å². The first-order valence-electron chi connectivity index (χ1n) is 12.6. The van der Waals surface area contributed by atoms with Gasteiger partial charge in [0, 0.05) is 13.1 Å². The number of ether oxygens (including phenoxy) is 2.